The van der Waals surface area contributed by atoms with Crippen molar-refractivity contribution in [3.05, 3.63) is 24.3 Å². The van der Waals surface area contributed by atoms with Gasteiger partial charge >= 0.3 is 6.03 Å². The average molecular weight is 278 g/mol. The number of aliphatic hydroxyl groups excluding tert-OH is 1. The number of urea groups is 1. The number of anilines is 1. The largest absolute Gasteiger partial charge is 0.491 e. The number of ether oxygens (including phenoxy) is 1. The summed E-state index contributed by atoms with van der Waals surface area (Å²) in [7, 11) is 0. The van der Waals surface area contributed by atoms with E-state index in [0.29, 0.717) is 43.5 Å². The van der Waals surface area contributed by atoms with Crippen molar-refractivity contribution in [1.82, 2.24) is 4.90 Å². The minimum Gasteiger partial charge on any atom is -0.491 e. The Morgan fingerprint density at radius 2 is 2.25 bits per heavy atom. The van der Waals surface area contributed by atoms with Gasteiger partial charge < -0.3 is 20.1 Å². The molecule has 1 aromatic carbocycles. The number of rotatable bonds is 4. The van der Waals surface area contributed by atoms with Gasteiger partial charge in [0.2, 0.25) is 0 Å². The Morgan fingerprint density at radius 3 is 2.90 bits per heavy atom. The van der Waals surface area contributed by atoms with E-state index in [1.165, 1.54) is 0 Å². The lowest BCUT2D eigenvalue weighted by Gasteiger charge is -2.18. The number of para-hydroxylation sites is 2. The minimum absolute atomic E-state index is 0.192. The van der Waals surface area contributed by atoms with Crippen LogP contribution in [0.5, 0.6) is 5.75 Å². The molecule has 0 aliphatic carbocycles. The van der Waals surface area contributed by atoms with E-state index in [1.807, 2.05) is 24.3 Å². The van der Waals surface area contributed by atoms with Gasteiger partial charge in [-0.1, -0.05) is 26.0 Å². The number of carbonyl (C=O) groups excluding carboxylic acids is 1. The molecule has 0 spiro atoms. The van der Waals surface area contributed by atoms with Crippen LogP contribution in [-0.4, -0.2) is 41.8 Å². The van der Waals surface area contributed by atoms with Crippen LogP contribution in [0.3, 0.4) is 0 Å². The predicted molar refractivity (Wildman–Crippen MR) is 78.0 cm³/mol. The molecule has 1 aliphatic rings. The molecule has 20 heavy (non-hydrogen) atoms. The zero-order chi connectivity index (χ0) is 14.5. The van der Waals surface area contributed by atoms with Crippen LogP contribution in [0.1, 0.15) is 20.3 Å². The number of amides is 2. The quantitative estimate of drug-likeness (QED) is 0.888. The topological polar surface area (TPSA) is 61.8 Å². The standard InChI is InChI=1S/C15H22N2O3/c1-11(2)10-20-14-6-4-3-5-13(14)16-15(19)17-8-7-12(18)9-17/h3-6,11-12,18H,7-10H2,1-2H3,(H,16,19)/t12-/m1/s1. The number of likely N-dealkylation sites (tertiary alicyclic amines) is 1. The van der Waals surface area contributed by atoms with Gasteiger partial charge in [0.15, 0.2) is 0 Å². The van der Waals surface area contributed by atoms with Crippen molar-refractivity contribution in [2.45, 2.75) is 26.4 Å². The molecule has 5 nitrogen and oxygen atoms in total. The fourth-order valence-electron chi connectivity index (χ4n) is 2.07. The Kier molecular flexibility index (Phi) is 4.84. The highest BCUT2D eigenvalue weighted by Crippen LogP contribution is 2.25. The third-order valence-corrected chi connectivity index (χ3v) is 3.15. The predicted octanol–water partition coefficient (Wildman–Crippen LogP) is 2.32. The molecule has 2 amide bonds. The summed E-state index contributed by atoms with van der Waals surface area (Å²) in [5, 5.41) is 12.3. The first kappa shape index (κ1) is 14.7. The van der Waals surface area contributed by atoms with E-state index in [1.54, 1.807) is 4.90 Å². The fraction of sp³-hybridized carbons (Fsp3) is 0.533. The number of carbonyl (C=O) groups is 1. The molecule has 0 aromatic heterocycles. The van der Waals surface area contributed by atoms with Gasteiger partial charge in [-0.15, -0.1) is 0 Å². The Labute approximate surface area is 119 Å². The monoisotopic (exact) mass is 278 g/mol. The zero-order valence-corrected chi connectivity index (χ0v) is 12.0. The number of hydrogen-bond acceptors (Lipinski definition) is 3. The van der Waals surface area contributed by atoms with Gasteiger partial charge in [0.25, 0.3) is 0 Å². The Bertz CT molecular complexity index is 462. The number of benzene rings is 1. The van der Waals surface area contributed by atoms with E-state index in [4.69, 9.17) is 4.74 Å². The van der Waals surface area contributed by atoms with Crippen LogP contribution in [0.2, 0.25) is 0 Å². The highest BCUT2D eigenvalue weighted by atomic mass is 16.5. The summed E-state index contributed by atoms with van der Waals surface area (Å²) < 4.78 is 5.70. The normalized spacial score (nSPS) is 18.4. The van der Waals surface area contributed by atoms with Gasteiger partial charge in [0, 0.05) is 13.1 Å². The molecule has 1 fully saturated rings. The van der Waals surface area contributed by atoms with Crippen LogP contribution in [-0.2, 0) is 0 Å². The van der Waals surface area contributed by atoms with Crippen LogP contribution in [0, 0.1) is 5.92 Å². The highest BCUT2D eigenvalue weighted by Gasteiger charge is 2.24. The molecule has 2 rings (SSSR count). The molecule has 0 saturated carbocycles. The molecule has 5 heteroatoms. The fourth-order valence-corrected chi connectivity index (χ4v) is 2.07. The third-order valence-electron chi connectivity index (χ3n) is 3.15. The Balaban J connectivity index is 1.99. The maximum atomic E-state index is 12.1. The molecule has 1 aliphatic heterocycles. The van der Waals surface area contributed by atoms with E-state index in [9.17, 15) is 9.90 Å². The maximum Gasteiger partial charge on any atom is 0.322 e. The Morgan fingerprint density at radius 1 is 1.50 bits per heavy atom. The van der Waals surface area contributed by atoms with Gasteiger partial charge in [-0.05, 0) is 24.5 Å². The molecule has 0 radical (unpaired) electrons. The average Bonchev–Trinajstić information content (AvgIpc) is 2.84. The van der Waals surface area contributed by atoms with Crippen LogP contribution in [0.25, 0.3) is 0 Å². The first-order valence-corrected chi connectivity index (χ1v) is 7.02. The van der Waals surface area contributed by atoms with E-state index < -0.39 is 6.10 Å². The van der Waals surface area contributed by atoms with Crippen molar-refractivity contribution >= 4 is 11.7 Å². The SMILES string of the molecule is CC(C)COc1ccccc1NC(=O)N1CC[C@@H](O)C1. The summed E-state index contributed by atoms with van der Waals surface area (Å²) in [4.78, 5) is 13.7. The van der Waals surface area contributed by atoms with E-state index >= 15 is 0 Å². The summed E-state index contributed by atoms with van der Waals surface area (Å²) in [6.07, 6.45) is 0.229. The van der Waals surface area contributed by atoms with Crippen molar-refractivity contribution in [2.24, 2.45) is 5.92 Å². The summed E-state index contributed by atoms with van der Waals surface area (Å²) in [5.74, 6) is 1.10. The van der Waals surface area contributed by atoms with E-state index in [2.05, 4.69) is 19.2 Å². The first-order chi connectivity index (χ1) is 9.56. The van der Waals surface area contributed by atoms with Gasteiger partial charge in [-0.3, -0.25) is 0 Å². The van der Waals surface area contributed by atoms with Crippen molar-refractivity contribution in [2.75, 3.05) is 25.0 Å². The molecule has 1 aromatic rings. The van der Waals surface area contributed by atoms with Crippen LogP contribution >= 0.6 is 0 Å². The number of hydrogen-bond donors (Lipinski definition) is 2. The minimum atomic E-state index is -0.409. The number of nitrogens with one attached hydrogen (secondary N) is 1. The van der Waals surface area contributed by atoms with Gasteiger partial charge in [0.1, 0.15) is 5.75 Å². The van der Waals surface area contributed by atoms with Crippen molar-refractivity contribution < 1.29 is 14.6 Å². The van der Waals surface area contributed by atoms with Crippen LogP contribution in [0.15, 0.2) is 24.3 Å². The molecule has 110 valence electrons. The van der Waals surface area contributed by atoms with Gasteiger partial charge in [0.05, 0.1) is 18.4 Å². The summed E-state index contributed by atoms with van der Waals surface area (Å²) in [5.41, 5.74) is 0.666. The van der Waals surface area contributed by atoms with Crippen molar-refractivity contribution in [1.29, 1.82) is 0 Å². The van der Waals surface area contributed by atoms with E-state index in [-0.39, 0.29) is 6.03 Å². The smallest absolute Gasteiger partial charge is 0.322 e. The lowest BCUT2D eigenvalue weighted by Crippen LogP contribution is -2.33. The summed E-state index contributed by atoms with van der Waals surface area (Å²) in [6, 6.07) is 7.21. The van der Waals surface area contributed by atoms with Gasteiger partial charge in [-0.25, -0.2) is 4.79 Å². The van der Waals surface area contributed by atoms with E-state index in [0.717, 1.165) is 0 Å². The van der Waals surface area contributed by atoms with Crippen LogP contribution in [0.4, 0.5) is 10.5 Å². The molecule has 1 atom stereocenters. The van der Waals surface area contributed by atoms with Crippen molar-refractivity contribution in [3.63, 3.8) is 0 Å². The molecule has 1 heterocycles. The Hall–Kier alpha value is -1.75. The first-order valence-electron chi connectivity index (χ1n) is 7.02. The number of β-amino-alcohol motifs (C(OH)–C–C–N with tert-alkyl or cyclic N) is 1. The zero-order valence-electron chi connectivity index (χ0n) is 12.0. The maximum absolute atomic E-state index is 12.1. The lowest BCUT2D eigenvalue weighted by atomic mass is 10.2. The summed E-state index contributed by atoms with van der Waals surface area (Å²) >= 11 is 0. The van der Waals surface area contributed by atoms with Gasteiger partial charge in [-0.2, -0.15) is 0 Å². The second-order valence-electron chi connectivity index (χ2n) is 5.52. The molecular weight excluding hydrogens is 256 g/mol. The highest BCUT2D eigenvalue weighted by molar-refractivity contribution is 5.91. The lowest BCUT2D eigenvalue weighted by molar-refractivity contribution is 0.176. The molecule has 0 bridgehead atoms. The molecule has 0 unspecified atom stereocenters. The molecular formula is C15H22N2O3. The molecule has 2 N–H and O–H groups in total. The molecule has 1 saturated heterocycles. The van der Waals surface area contributed by atoms with Crippen LogP contribution < -0.4 is 10.1 Å². The number of nitrogens with zero attached hydrogens (tertiary/aromatic N) is 1. The van der Waals surface area contributed by atoms with Crippen molar-refractivity contribution in [3.8, 4) is 5.75 Å². The number of aliphatic hydroxyl groups is 1. The second-order valence-corrected chi connectivity index (χ2v) is 5.52. The third kappa shape index (κ3) is 3.87. The summed E-state index contributed by atoms with van der Waals surface area (Å²) in [6.45, 7) is 5.73. The second kappa shape index (κ2) is 6.61.